The number of carbonyl (C=O) groups excluding carboxylic acids is 1. The molecule has 0 aromatic carbocycles. The van der Waals surface area contributed by atoms with Crippen LogP contribution in [0.15, 0.2) is 30.5 Å². The molecule has 4 heterocycles. The van der Waals surface area contributed by atoms with E-state index in [0.29, 0.717) is 0 Å². The number of aromatic nitrogens is 3. The van der Waals surface area contributed by atoms with Gasteiger partial charge >= 0.3 is 0 Å². The molecule has 0 aliphatic carbocycles. The lowest BCUT2D eigenvalue weighted by molar-refractivity contribution is -0.129. The predicted molar refractivity (Wildman–Crippen MR) is 110 cm³/mol. The molecule has 2 fully saturated rings. The van der Waals surface area contributed by atoms with E-state index in [1.54, 1.807) is 6.92 Å². The molecule has 2 aliphatic rings. The van der Waals surface area contributed by atoms with Gasteiger partial charge in [-0.1, -0.05) is 6.07 Å². The maximum absolute atomic E-state index is 11.6. The summed E-state index contributed by atoms with van der Waals surface area (Å²) in [5.41, 5.74) is 0. The number of piperazine rings is 2. The van der Waals surface area contributed by atoms with E-state index in [2.05, 4.69) is 41.8 Å². The van der Waals surface area contributed by atoms with E-state index in [0.717, 1.165) is 75.6 Å². The monoisotopic (exact) mass is 381 g/mol. The van der Waals surface area contributed by atoms with Gasteiger partial charge in [-0.05, 0) is 19.1 Å². The second-order valence-corrected chi connectivity index (χ2v) is 7.29. The molecule has 2 aromatic heterocycles. The lowest BCUT2D eigenvalue weighted by Crippen LogP contribution is -2.49. The summed E-state index contributed by atoms with van der Waals surface area (Å²) in [6.45, 7) is 10.4. The number of hydrogen-bond acceptors (Lipinski definition) is 7. The summed E-state index contributed by atoms with van der Waals surface area (Å²) in [5, 5.41) is 0. The zero-order valence-corrected chi connectivity index (χ0v) is 16.6. The average Bonchev–Trinajstić information content (AvgIpc) is 2.74. The second kappa shape index (κ2) is 8.00. The fourth-order valence-electron chi connectivity index (χ4n) is 3.82. The van der Waals surface area contributed by atoms with Crippen molar-refractivity contribution in [1.82, 2.24) is 19.9 Å². The van der Waals surface area contributed by atoms with Gasteiger partial charge in [0.25, 0.3) is 0 Å². The lowest BCUT2D eigenvalue weighted by Gasteiger charge is -2.37. The first-order valence-corrected chi connectivity index (χ1v) is 9.87. The minimum Gasteiger partial charge on any atom is -0.353 e. The SMILES string of the molecule is CC(=O)N1CCN(c2cc(N3CCN(c4ccccn4)CC3)nc(C)n2)CC1. The third-order valence-corrected chi connectivity index (χ3v) is 5.44. The molecular weight excluding hydrogens is 354 g/mol. The van der Waals surface area contributed by atoms with Gasteiger partial charge in [0.1, 0.15) is 23.3 Å². The second-order valence-electron chi connectivity index (χ2n) is 7.29. The van der Waals surface area contributed by atoms with Gasteiger partial charge in [-0.25, -0.2) is 15.0 Å². The fraction of sp³-hybridized carbons (Fsp3) is 0.500. The lowest BCUT2D eigenvalue weighted by atomic mass is 10.2. The van der Waals surface area contributed by atoms with Crippen molar-refractivity contribution in [3.05, 3.63) is 36.3 Å². The molecule has 2 saturated heterocycles. The van der Waals surface area contributed by atoms with Gasteiger partial charge in [0.2, 0.25) is 5.91 Å². The Morgan fingerprint density at radius 1 is 0.821 bits per heavy atom. The average molecular weight is 381 g/mol. The molecule has 2 aliphatic heterocycles. The van der Waals surface area contributed by atoms with Gasteiger partial charge in [0.15, 0.2) is 0 Å². The Hall–Kier alpha value is -2.90. The van der Waals surface area contributed by atoms with Crippen molar-refractivity contribution in [3.8, 4) is 0 Å². The van der Waals surface area contributed by atoms with Gasteiger partial charge in [0.05, 0.1) is 0 Å². The Labute approximate surface area is 165 Å². The van der Waals surface area contributed by atoms with Crippen molar-refractivity contribution in [1.29, 1.82) is 0 Å². The van der Waals surface area contributed by atoms with Crippen LogP contribution in [0.4, 0.5) is 17.5 Å². The summed E-state index contributed by atoms with van der Waals surface area (Å²) >= 11 is 0. The Balaban J connectivity index is 1.43. The van der Waals surface area contributed by atoms with Crippen molar-refractivity contribution >= 4 is 23.4 Å². The quantitative estimate of drug-likeness (QED) is 0.791. The molecule has 28 heavy (non-hydrogen) atoms. The van der Waals surface area contributed by atoms with E-state index in [1.807, 2.05) is 30.2 Å². The molecule has 0 N–H and O–H groups in total. The van der Waals surface area contributed by atoms with Crippen LogP contribution in [0.1, 0.15) is 12.7 Å². The summed E-state index contributed by atoms with van der Waals surface area (Å²) in [5.74, 6) is 3.90. The number of hydrogen-bond donors (Lipinski definition) is 0. The van der Waals surface area contributed by atoms with Crippen LogP contribution in [0, 0.1) is 6.92 Å². The van der Waals surface area contributed by atoms with Crippen LogP contribution in [0.3, 0.4) is 0 Å². The Bertz CT molecular complexity index is 813. The smallest absolute Gasteiger partial charge is 0.219 e. The number of carbonyl (C=O) groups is 1. The Kier molecular flexibility index (Phi) is 5.27. The Morgan fingerprint density at radius 3 is 1.86 bits per heavy atom. The molecular formula is C20H27N7O. The maximum atomic E-state index is 11.6. The third kappa shape index (κ3) is 4.00. The molecule has 148 valence electrons. The number of rotatable bonds is 3. The van der Waals surface area contributed by atoms with Crippen molar-refractivity contribution in [2.45, 2.75) is 13.8 Å². The summed E-state index contributed by atoms with van der Waals surface area (Å²) in [4.78, 5) is 34.1. The number of amides is 1. The largest absolute Gasteiger partial charge is 0.353 e. The molecule has 8 nitrogen and oxygen atoms in total. The minimum atomic E-state index is 0.144. The van der Waals surface area contributed by atoms with Crippen LogP contribution in [0.2, 0.25) is 0 Å². The van der Waals surface area contributed by atoms with Crippen LogP contribution in [-0.4, -0.2) is 78.1 Å². The number of nitrogens with zero attached hydrogens (tertiary/aromatic N) is 7. The molecule has 2 aromatic rings. The minimum absolute atomic E-state index is 0.144. The van der Waals surface area contributed by atoms with Crippen LogP contribution in [-0.2, 0) is 4.79 Å². The van der Waals surface area contributed by atoms with E-state index in [9.17, 15) is 4.79 Å². The number of anilines is 3. The fourth-order valence-corrected chi connectivity index (χ4v) is 3.82. The molecule has 8 heteroatoms. The molecule has 0 spiro atoms. The van der Waals surface area contributed by atoms with E-state index in [1.165, 1.54) is 0 Å². The highest BCUT2D eigenvalue weighted by molar-refractivity contribution is 5.73. The van der Waals surface area contributed by atoms with Crippen molar-refractivity contribution < 1.29 is 4.79 Å². The van der Waals surface area contributed by atoms with E-state index < -0.39 is 0 Å². The number of pyridine rings is 1. The van der Waals surface area contributed by atoms with E-state index in [4.69, 9.17) is 0 Å². The molecule has 0 saturated carbocycles. The molecule has 0 bridgehead atoms. The first-order chi connectivity index (χ1) is 13.6. The van der Waals surface area contributed by atoms with Gasteiger partial charge in [-0.2, -0.15) is 0 Å². The van der Waals surface area contributed by atoms with E-state index >= 15 is 0 Å². The Morgan fingerprint density at radius 2 is 1.36 bits per heavy atom. The van der Waals surface area contributed by atoms with Gasteiger partial charge < -0.3 is 19.6 Å². The first-order valence-electron chi connectivity index (χ1n) is 9.87. The summed E-state index contributed by atoms with van der Waals surface area (Å²) < 4.78 is 0. The van der Waals surface area contributed by atoms with Crippen molar-refractivity contribution in [2.75, 3.05) is 67.1 Å². The maximum Gasteiger partial charge on any atom is 0.219 e. The molecule has 1 amide bonds. The summed E-state index contributed by atoms with van der Waals surface area (Å²) in [7, 11) is 0. The van der Waals surface area contributed by atoms with Crippen molar-refractivity contribution in [3.63, 3.8) is 0 Å². The summed E-state index contributed by atoms with van der Waals surface area (Å²) in [6.07, 6.45) is 1.84. The van der Waals surface area contributed by atoms with Crippen LogP contribution in [0.5, 0.6) is 0 Å². The standard InChI is InChI=1S/C20H27N7O/c1-16-22-19(26-9-7-24(8-10-26)17(2)28)15-20(23-16)27-13-11-25(12-14-27)18-5-3-4-6-21-18/h3-6,15H,7-14H2,1-2H3. The first kappa shape index (κ1) is 18.5. The third-order valence-electron chi connectivity index (χ3n) is 5.44. The van der Waals surface area contributed by atoms with Gasteiger partial charge in [-0.15, -0.1) is 0 Å². The highest BCUT2D eigenvalue weighted by Crippen LogP contribution is 2.22. The topological polar surface area (TPSA) is 68.7 Å². The molecule has 0 atom stereocenters. The highest BCUT2D eigenvalue weighted by atomic mass is 16.2. The van der Waals surface area contributed by atoms with Crippen molar-refractivity contribution in [2.24, 2.45) is 0 Å². The number of aryl methyl sites for hydroxylation is 1. The van der Waals surface area contributed by atoms with E-state index in [-0.39, 0.29) is 5.91 Å². The van der Waals surface area contributed by atoms with Crippen LogP contribution >= 0.6 is 0 Å². The normalized spacial score (nSPS) is 17.8. The zero-order valence-electron chi connectivity index (χ0n) is 16.6. The molecule has 0 radical (unpaired) electrons. The zero-order chi connectivity index (χ0) is 19.5. The summed E-state index contributed by atoms with van der Waals surface area (Å²) in [6, 6.07) is 8.12. The highest BCUT2D eigenvalue weighted by Gasteiger charge is 2.23. The van der Waals surface area contributed by atoms with Crippen LogP contribution < -0.4 is 14.7 Å². The van der Waals surface area contributed by atoms with Gasteiger partial charge in [-0.3, -0.25) is 4.79 Å². The van der Waals surface area contributed by atoms with Gasteiger partial charge in [0, 0.05) is 71.5 Å². The molecule has 0 unspecified atom stereocenters. The predicted octanol–water partition coefficient (Wildman–Crippen LogP) is 1.18. The van der Waals surface area contributed by atoms with Crippen LogP contribution in [0.25, 0.3) is 0 Å². The molecule has 4 rings (SSSR count).